The number of hydrogen-bond acceptors (Lipinski definition) is 3. The average Bonchev–Trinajstić information content (AvgIpc) is 2.60. The van der Waals surface area contributed by atoms with Gasteiger partial charge in [-0.25, -0.2) is 4.98 Å². The number of likely N-dealkylation sites (N-methyl/N-ethyl adjacent to an activating group) is 1. The van der Waals surface area contributed by atoms with Gasteiger partial charge in [-0.3, -0.25) is 4.79 Å². The molecule has 0 saturated heterocycles. The Morgan fingerprint density at radius 1 is 1.36 bits per heavy atom. The van der Waals surface area contributed by atoms with Crippen molar-refractivity contribution >= 4 is 28.2 Å². The molecule has 0 radical (unpaired) electrons. The minimum Gasteiger partial charge on any atom is -0.352 e. The molecule has 1 aliphatic heterocycles. The zero-order valence-corrected chi connectivity index (χ0v) is 12.7. The van der Waals surface area contributed by atoms with Crippen LogP contribution in [0.5, 0.6) is 0 Å². The monoisotopic (exact) mass is 293 g/mol. The second-order valence-corrected chi connectivity index (χ2v) is 5.35. The van der Waals surface area contributed by atoms with Crippen molar-refractivity contribution in [3.63, 3.8) is 0 Å². The summed E-state index contributed by atoms with van der Waals surface area (Å²) in [5.74, 6) is 0.890. The second-order valence-electron chi connectivity index (χ2n) is 5.35. The smallest absolute Gasteiger partial charge is 0.250 e. The summed E-state index contributed by atoms with van der Waals surface area (Å²) < 4.78 is 0. The maximum absolute atomic E-state index is 11.7. The summed E-state index contributed by atoms with van der Waals surface area (Å²) in [6.45, 7) is 5.41. The van der Waals surface area contributed by atoms with Crippen molar-refractivity contribution in [2.24, 2.45) is 0 Å². The second kappa shape index (κ2) is 6.02. The summed E-state index contributed by atoms with van der Waals surface area (Å²) in [5.41, 5.74) is 0.855. The molecule has 1 aromatic carbocycles. The Hall–Kier alpha value is -2.62. The van der Waals surface area contributed by atoms with Crippen molar-refractivity contribution in [2.45, 2.75) is 6.42 Å². The normalized spacial score (nSPS) is 14.1. The van der Waals surface area contributed by atoms with Gasteiger partial charge in [0.05, 0.1) is 0 Å². The fraction of sp³-hybridized carbons (Fsp3) is 0.222. The number of amides is 1. The number of rotatable bonds is 3. The van der Waals surface area contributed by atoms with Crippen LogP contribution in [0.4, 0.5) is 11.5 Å². The molecule has 1 aliphatic rings. The van der Waals surface area contributed by atoms with E-state index in [9.17, 15) is 4.79 Å². The van der Waals surface area contributed by atoms with Gasteiger partial charge in [-0.05, 0) is 42.1 Å². The van der Waals surface area contributed by atoms with Crippen molar-refractivity contribution in [1.82, 2.24) is 4.98 Å². The van der Waals surface area contributed by atoms with Crippen LogP contribution in [0.25, 0.3) is 10.8 Å². The zero-order chi connectivity index (χ0) is 15.5. The first-order valence-corrected chi connectivity index (χ1v) is 7.39. The predicted octanol–water partition coefficient (Wildman–Crippen LogP) is 3.15. The van der Waals surface area contributed by atoms with E-state index in [-0.39, 0.29) is 5.91 Å². The van der Waals surface area contributed by atoms with Crippen molar-refractivity contribution in [2.75, 3.05) is 29.9 Å². The van der Waals surface area contributed by atoms with Crippen molar-refractivity contribution in [3.8, 4) is 0 Å². The Balaban J connectivity index is 2.02. The maximum atomic E-state index is 11.7. The molecule has 2 aromatic rings. The third kappa shape index (κ3) is 2.60. The molecule has 1 amide bonds. The summed E-state index contributed by atoms with van der Waals surface area (Å²) in [4.78, 5) is 20.2. The van der Waals surface area contributed by atoms with Gasteiger partial charge in [-0.2, -0.15) is 0 Å². The van der Waals surface area contributed by atoms with E-state index < -0.39 is 0 Å². The standard InChI is InChI=1S/C18H19N3O/c1-3-17(22)20(2)15-7-8-16-14(13-15)9-10-19-18(16)21-11-5-4-6-12-21/h3-5,7-10,13H,1,6,11-12H2,2H3. The molecule has 112 valence electrons. The Morgan fingerprint density at radius 2 is 2.23 bits per heavy atom. The van der Waals surface area contributed by atoms with Crippen LogP contribution in [0.15, 0.2) is 55.3 Å². The van der Waals surface area contributed by atoms with Crippen molar-refractivity contribution in [1.29, 1.82) is 0 Å². The minimum atomic E-state index is -0.116. The van der Waals surface area contributed by atoms with Gasteiger partial charge >= 0.3 is 0 Å². The number of pyridine rings is 1. The van der Waals surface area contributed by atoms with E-state index in [0.717, 1.165) is 41.8 Å². The third-order valence-corrected chi connectivity index (χ3v) is 3.98. The predicted molar refractivity (Wildman–Crippen MR) is 91.3 cm³/mol. The van der Waals surface area contributed by atoms with Crippen LogP contribution >= 0.6 is 0 Å². The van der Waals surface area contributed by atoms with E-state index >= 15 is 0 Å². The van der Waals surface area contributed by atoms with Crippen LogP contribution in [-0.4, -0.2) is 31.0 Å². The first-order chi connectivity index (χ1) is 10.7. The van der Waals surface area contributed by atoms with Crippen LogP contribution < -0.4 is 9.80 Å². The number of benzene rings is 1. The summed E-state index contributed by atoms with van der Waals surface area (Å²) in [6.07, 6.45) is 8.58. The molecule has 0 spiro atoms. The molecule has 0 N–H and O–H groups in total. The lowest BCUT2D eigenvalue weighted by atomic mass is 10.1. The van der Waals surface area contributed by atoms with Gasteiger partial charge in [-0.15, -0.1) is 0 Å². The molecule has 1 aromatic heterocycles. The van der Waals surface area contributed by atoms with Crippen molar-refractivity contribution in [3.05, 3.63) is 55.3 Å². The van der Waals surface area contributed by atoms with E-state index in [0.29, 0.717) is 0 Å². The number of nitrogens with zero attached hydrogens (tertiary/aromatic N) is 3. The minimum absolute atomic E-state index is 0.116. The summed E-state index contributed by atoms with van der Waals surface area (Å²) in [7, 11) is 1.75. The topological polar surface area (TPSA) is 36.4 Å². The van der Waals surface area contributed by atoms with Crippen LogP contribution in [-0.2, 0) is 4.79 Å². The first-order valence-electron chi connectivity index (χ1n) is 7.39. The Kier molecular flexibility index (Phi) is 3.92. The van der Waals surface area contributed by atoms with E-state index in [1.807, 2.05) is 30.5 Å². The van der Waals surface area contributed by atoms with E-state index in [1.54, 1.807) is 11.9 Å². The highest BCUT2D eigenvalue weighted by atomic mass is 16.2. The van der Waals surface area contributed by atoms with Gasteiger partial charge in [0.25, 0.3) is 0 Å². The molecule has 0 bridgehead atoms. The quantitative estimate of drug-likeness (QED) is 0.644. The SMILES string of the molecule is C=CC(=O)N(C)c1ccc2c(N3CC=CCC3)nccc2c1. The van der Waals surface area contributed by atoms with Crippen LogP contribution in [0, 0.1) is 0 Å². The zero-order valence-electron chi connectivity index (χ0n) is 12.7. The fourth-order valence-electron chi connectivity index (χ4n) is 2.71. The van der Waals surface area contributed by atoms with Crippen molar-refractivity contribution < 1.29 is 4.79 Å². The Morgan fingerprint density at radius 3 is 2.95 bits per heavy atom. The molecule has 22 heavy (non-hydrogen) atoms. The summed E-state index contributed by atoms with van der Waals surface area (Å²) >= 11 is 0. The van der Waals surface area contributed by atoms with Gasteiger partial charge in [0.1, 0.15) is 5.82 Å². The number of fused-ring (bicyclic) bond motifs is 1. The Bertz CT molecular complexity index is 751. The lowest BCUT2D eigenvalue weighted by Gasteiger charge is -2.26. The lowest BCUT2D eigenvalue weighted by molar-refractivity contribution is -0.113. The molecular weight excluding hydrogens is 274 g/mol. The molecule has 0 aliphatic carbocycles. The number of aromatic nitrogens is 1. The van der Waals surface area contributed by atoms with Crippen LogP contribution in [0.2, 0.25) is 0 Å². The lowest BCUT2D eigenvalue weighted by Crippen LogP contribution is -2.27. The maximum Gasteiger partial charge on any atom is 0.250 e. The number of carbonyl (C=O) groups excluding carboxylic acids is 1. The molecule has 4 heteroatoms. The molecule has 3 rings (SSSR count). The molecule has 0 unspecified atom stereocenters. The van der Waals surface area contributed by atoms with Gasteiger partial charge < -0.3 is 9.80 Å². The third-order valence-electron chi connectivity index (χ3n) is 3.98. The summed E-state index contributed by atoms with van der Waals surface area (Å²) in [5, 5.41) is 2.20. The highest BCUT2D eigenvalue weighted by molar-refractivity contribution is 6.03. The van der Waals surface area contributed by atoms with E-state index in [2.05, 4.69) is 28.6 Å². The average molecular weight is 293 g/mol. The molecule has 0 saturated carbocycles. The Labute approximate surface area is 130 Å². The molecule has 0 fully saturated rings. The first kappa shape index (κ1) is 14.3. The molecular formula is C18H19N3O. The van der Waals surface area contributed by atoms with E-state index in [4.69, 9.17) is 0 Å². The van der Waals surface area contributed by atoms with Crippen LogP contribution in [0.3, 0.4) is 0 Å². The molecule has 4 nitrogen and oxygen atoms in total. The number of carbonyl (C=O) groups is 1. The molecule has 2 heterocycles. The summed E-state index contributed by atoms with van der Waals surface area (Å²) in [6, 6.07) is 7.99. The fourth-order valence-corrected chi connectivity index (χ4v) is 2.71. The van der Waals surface area contributed by atoms with Gasteiger partial charge in [-0.1, -0.05) is 18.7 Å². The van der Waals surface area contributed by atoms with Crippen LogP contribution in [0.1, 0.15) is 6.42 Å². The molecule has 0 atom stereocenters. The highest BCUT2D eigenvalue weighted by Crippen LogP contribution is 2.28. The van der Waals surface area contributed by atoms with E-state index in [1.165, 1.54) is 6.08 Å². The number of anilines is 2. The number of hydrogen-bond donors (Lipinski definition) is 0. The largest absolute Gasteiger partial charge is 0.352 e. The van der Waals surface area contributed by atoms with Gasteiger partial charge in [0, 0.05) is 37.4 Å². The van der Waals surface area contributed by atoms with Gasteiger partial charge in [0.2, 0.25) is 5.91 Å². The highest BCUT2D eigenvalue weighted by Gasteiger charge is 2.14. The van der Waals surface area contributed by atoms with Gasteiger partial charge in [0.15, 0.2) is 0 Å².